The Hall–Kier alpha value is -2.08. The van der Waals surface area contributed by atoms with Gasteiger partial charge in [-0.2, -0.15) is 0 Å². The Morgan fingerprint density at radius 1 is 1.15 bits per heavy atom. The highest BCUT2D eigenvalue weighted by molar-refractivity contribution is 6.30. The number of carbonyl (C=O) groups is 3. The van der Waals surface area contributed by atoms with Crippen molar-refractivity contribution in [1.29, 1.82) is 0 Å². The van der Waals surface area contributed by atoms with Gasteiger partial charge in [0.2, 0.25) is 5.91 Å². The van der Waals surface area contributed by atoms with Crippen molar-refractivity contribution in [2.75, 3.05) is 13.1 Å². The van der Waals surface area contributed by atoms with Gasteiger partial charge in [0.05, 0.1) is 0 Å². The summed E-state index contributed by atoms with van der Waals surface area (Å²) in [5, 5.41) is 6.08. The Balaban J connectivity index is 2.03. The highest BCUT2D eigenvalue weighted by Crippen LogP contribution is 2.32. The largest absolute Gasteiger partial charge is 0.355 e. The van der Waals surface area contributed by atoms with Crippen molar-refractivity contribution in [3.63, 3.8) is 0 Å². The summed E-state index contributed by atoms with van der Waals surface area (Å²) in [5.41, 5.74) is -0.492. The zero-order chi connectivity index (χ0) is 19.2. The van der Waals surface area contributed by atoms with Gasteiger partial charge in [-0.25, -0.2) is 4.79 Å². The van der Waals surface area contributed by atoms with E-state index in [1.54, 1.807) is 24.3 Å². The monoisotopic (exact) mass is 379 g/mol. The molecule has 1 unspecified atom stereocenters. The number of nitrogens with zero attached hydrogens (tertiary/aromatic N) is 1. The van der Waals surface area contributed by atoms with Gasteiger partial charge in [0.1, 0.15) is 12.1 Å². The lowest BCUT2D eigenvalue weighted by atomic mass is 9.87. The molecule has 0 radical (unpaired) electrons. The average molecular weight is 380 g/mol. The number of benzene rings is 1. The molecule has 0 saturated carbocycles. The van der Waals surface area contributed by atoms with Crippen molar-refractivity contribution < 1.29 is 14.4 Å². The number of halogens is 1. The second kappa shape index (κ2) is 9.03. The molecule has 1 aliphatic heterocycles. The van der Waals surface area contributed by atoms with E-state index in [0.717, 1.165) is 30.6 Å². The first-order valence-electron chi connectivity index (χ1n) is 9.11. The third-order valence-electron chi connectivity index (χ3n) is 4.70. The molecule has 26 heavy (non-hydrogen) atoms. The smallest absolute Gasteiger partial charge is 0.325 e. The molecule has 1 aliphatic rings. The maximum atomic E-state index is 12.9. The maximum Gasteiger partial charge on any atom is 0.325 e. The van der Waals surface area contributed by atoms with Crippen molar-refractivity contribution in [3.05, 3.63) is 34.9 Å². The molecule has 0 bridgehead atoms. The van der Waals surface area contributed by atoms with Gasteiger partial charge in [0, 0.05) is 11.6 Å². The lowest BCUT2D eigenvalue weighted by Gasteiger charge is -2.25. The molecule has 1 saturated heterocycles. The van der Waals surface area contributed by atoms with E-state index in [-0.39, 0.29) is 12.5 Å². The third-order valence-corrected chi connectivity index (χ3v) is 4.95. The van der Waals surface area contributed by atoms with Crippen LogP contribution in [0.25, 0.3) is 0 Å². The third kappa shape index (κ3) is 4.36. The number of amides is 4. The average Bonchev–Trinajstić information content (AvgIpc) is 2.87. The first-order chi connectivity index (χ1) is 12.4. The highest BCUT2D eigenvalue weighted by Gasteiger charge is 2.51. The Labute approximate surface area is 159 Å². The van der Waals surface area contributed by atoms with Crippen LogP contribution < -0.4 is 10.6 Å². The molecular weight excluding hydrogens is 354 g/mol. The number of nitrogens with one attached hydrogen (secondary N) is 2. The lowest BCUT2D eigenvalue weighted by Crippen LogP contribution is -2.44. The van der Waals surface area contributed by atoms with Gasteiger partial charge in [-0.15, -0.1) is 0 Å². The van der Waals surface area contributed by atoms with E-state index < -0.39 is 17.5 Å². The molecule has 2 rings (SSSR count). The normalized spacial score (nSPS) is 19.6. The second-order valence-electron chi connectivity index (χ2n) is 6.50. The molecule has 1 fully saturated rings. The number of hydrogen-bond donors (Lipinski definition) is 2. The molecule has 7 heteroatoms. The molecule has 2 N–H and O–H groups in total. The van der Waals surface area contributed by atoms with Crippen LogP contribution in [0.1, 0.15) is 51.5 Å². The number of carbonyl (C=O) groups excluding carboxylic acids is 3. The van der Waals surface area contributed by atoms with Crippen LogP contribution in [0, 0.1) is 0 Å². The van der Waals surface area contributed by atoms with Gasteiger partial charge in [0.15, 0.2) is 0 Å². The zero-order valence-electron chi connectivity index (χ0n) is 15.3. The van der Waals surface area contributed by atoms with Crippen molar-refractivity contribution in [2.24, 2.45) is 0 Å². The summed E-state index contributed by atoms with van der Waals surface area (Å²) in [6.45, 7) is 4.23. The molecule has 1 aromatic carbocycles. The van der Waals surface area contributed by atoms with Crippen LogP contribution >= 0.6 is 11.6 Å². The van der Waals surface area contributed by atoms with Crippen LogP contribution in [0.2, 0.25) is 5.02 Å². The molecule has 1 aromatic rings. The van der Waals surface area contributed by atoms with E-state index >= 15 is 0 Å². The van der Waals surface area contributed by atoms with Gasteiger partial charge < -0.3 is 10.6 Å². The Kier molecular flexibility index (Phi) is 7.03. The Morgan fingerprint density at radius 2 is 1.85 bits per heavy atom. The quantitative estimate of drug-likeness (QED) is 0.511. The summed E-state index contributed by atoms with van der Waals surface area (Å²) in [5.74, 6) is -0.735. The molecule has 6 nitrogen and oxygen atoms in total. The molecule has 0 spiro atoms. The summed E-state index contributed by atoms with van der Waals surface area (Å²) >= 11 is 5.91. The molecule has 1 heterocycles. The number of imide groups is 1. The zero-order valence-corrected chi connectivity index (χ0v) is 16.1. The van der Waals surface area contributed by atoms with Gasteiger partial charge in [-0.1, -0.05) is 56.8 Å². The van der Waals surface area contributed by atoms with Crippen LogP contribution in [-0.2, 0) is 15.1 Å². The summed E-state index contributed by atoms with van der Waals surface area (Å²) < 4.78 is 0. The van der Waals surface area contributed by atoms with E-state index in [2.05, 4.69) is 17.6 Å². The molecule has 4 amide bonds. The molecule has 1 atom stereocenters. The van der Waals surface area contributed by atoms with Crippen molar-refractivity contribution >= 4 is 29.4 Å². The van der Waals surface area contributed by atoms with E-state index in [9.17, 15) is 14.4 Å². The van der Waals surface area contributed by atoms with Crippen molar-refractivity contribution in [1.82, 2.24) is 15.5 Å². The van der Waals surface area contributed by atoms with Crippen LogP contribution in [0.4, 0.5) is 4.79 Å². The standard InChI is InChI=1S/C19H26ClN3O3/c1-3-5-6-7-12-21-16(24)13-23-17(25)19(4-2,22-18(23)26)14-8-10-15(20)11-9-14/h8-11H,3-7,12-13H2,1-2H3,(H,21,24)(H,22,26). The lowest BCUT2D eigenvalue weighted by molar-refractivity contribution is -0.135. The first kappa shape index (κ1) is 20.2. The SMILES string of the molecule is CCCCCCNC(=O)CN1C(=O)NC(CC)(c2ccc(Cl)cc2)C1=O. The second-order valence-corrected chi connectivity index (χ2v) is 6.93. The van der Waals surface area contributed by atoms with Crippen LogP contribution in [0.3, 0.4) is 0 Å². The minimum atomic E-state index is -1.15. The van der Waals surface area contributed by atoms with Gasteiger partial charge in [0.25, 0.3) is 5.91 Å². The minimum absolute atomic E-state index is 0.270. The maximum absolute atomic E-state index is 12.9. The predicted molar refractivity (Wildman–Crippen MR) is 101 cm³/mol. The van der Waals surface area contributed by atoms with Crippen molar-refractivity contribution in [2.45, 2.75) is 51.5 Å². The fraction of sp³-hybridized carbons (Fsp3) is 0.526. The van der Waals surface area contributed by atoms with Crippen LogP contribution in [-0.4, -0.2) is 35.8 Å². The number of hydrogen-bond acceptors (Lipinski definition) is 3. The molecule has 0 aliphatic carbocycles. The molecule has 0 aromatic heterocycles. The topological polar surface area (TPSA) is 78.5 Å². The van der Waals surface area contributed by atoms with E-state index in [1.807, 2.05) is 6.92 Å². The van der Waals surface area contributed by atoms with E-state index in [1.165, 1.54) is 0 Å². The predicted octanol–water partition coefficient (Wildman–Crippen LogP) is 3.19. The van der Waals surface area contributed by atoms with Crippen LogP contribution in [0.15, 0.2) is 24.3 Å². The van der Waals surface area contributed by atoms with E-state index in [0.29, 0.717) is 23.6 Å². The summed E-state index contributed by atoms with van der Waals surface area (Å²) in [7, 11) is 0. The first-order valence-corrected chi connectivity index (χ1v) is 9.49. The summed E-state index contributed by atoms with van der Waals surface area (Å²) in [4.78, 5) is 38.4. The Bertz CT molecular complexity index is 662. The van der Waals surface area contributed by atoms with Gasteiger partial charge in [-0.3, -0.25) is 14.5 Å². The fourth-order valence-corrected chi connectivity index (χ4v) is 3.25. The molecular formula is C19H26ClN3O3. The number of rotatable bonds is 9. The van der Waals surface area contributed by atoms with Crippen LogP contribution in [0.5, 0.6) is 0 Å². The number of unbranched alkanes of at least 4 members (excludes halogenated alkanes) is 3. The summed E-state index contributed by atoms with van der Waals surface area (Å²) in [6.07, 6.45) is 4.58. The summed E-state index contributed by atoms with van der Waals surface area (Å²) in [6, 6.07) is 6.26. The van der Waals surface area contributed by atoms with Gasteiger partial charge in [-0.05, 0) is 30.5 Å². The fourth-order valence-electron chi connectivity index (χ4n) is 3.12. The molecule has 142 valence electrons. The van der Waals surface area contributed by atoms with Crippen molar-refractivity contribution in [3.8, 4) is 0 Å². The number of urea groups is 1. The Morgan fingerprint density at radius 3 is 2.46 bits per heavy atom. The highest BCUT2D eigenvalue weighted by atomic mass is 35.5. The minimum Gasteiger partial charge on any atom is -0.355 e. The van der Waals surface area contributed by atoms with E-state index in [4.69, 9.17) is 11.6 Å². The van der Waals surface area contributed by atoms with Gasteiger partial charge >= 0.3 is 6.03 Å².